The quantitative estimate of drug-likeness (QED) is 0.602. The number of ether oxygens (including phenoxy) is 1. The molecule has 0 spiro atoms. The number of hydrogen-bond donors (Lipinski definition) is 0. The molecule has 0 N–H and O–H groups in total. The van der Waals surface area contributed by atoms with Crippen LogP contribution in [0.25, 0.3) is 0 Å². The fourth-order valence-corrected chi connectivity index (χ4v) is 3.02. The van der Waals surface area contributed by atoms with Crippen molar-refractivity contribution >= 4 is 5.91 Å². The molecule has 0 saturated heterocycles. The van der Waals surface area contributed by atoms with Crippen molar-refractivity contribution in [2.24, 2.45) is 5.92 Å². The summed E-state index contributed by atoms with van der Waals surface area (Å²) < 4.78 is 7.30. The van der Waals surface area contributed by atoms with Gasteiger partial charge in [0.2, 0.25) is 5.91 Å². The summed E-state index contributed by atoms with van der Waals surface area (Å²) in [6, 6.07) is 11.8. The first-order valence-electron chi connectivity index (χ1n) is 9.37. The van der Waals surface area contributed by atoms with Gasteiger partial charge in [0.25, 0.3) is 0 Å². The van der Waals surface area contributed by atoms with Crippen LogP contribution in [-0.4, -0.2) is 32.5 Å². The number of carbonyl (C=O) groups is 1. The van der Waals surface area contributed by atoms with Crippen molar-refractivity contribution < 1.29 is 9.53 Å². The summed E-state index contributed by atoms with van der Waals surface area (Å²) in [6.07, 6.45) is 7.23. The molecule has 3 rings (SSSR count). The molecule has 146 valence electrons. The SMILES string of the molecule is COc1ccc(Cn2ccnc2CN(Cc2ccncc2)C(=O)C(C)C)cc1. The fraction of sp³-hybridized carbons (Fsp3) is 0.318. The Bertz CT molecular complexity index is 888. The summed E-state index contributed by atoms with van der Waals surface area (Å²) >= 11 is 0. The number of pyridine rings is 1. The predicted octanol–water partition coefficient (Wildman–Crippen LogP) is 3.52. The maximum atomic E-state index is 12.8. The smallest absolute Gasteiger partial charge is 0.225 e. The van der Waals surface area contributed by atoms with E-state index in [0.29, 0.717) is 19.6 Å². The number of nitrogens with zero attached hydrogens (tertiary/aromatic N) is 4. The third kappa shape index (κ3) is 4.97. The number of amides is 1. The molecule has 2 heterocycles. The van der Waals surface area contributed by atoms with Gasteiger partial charge in [-0.25, -0.2) is 4.98 Å². The van der Waals surface area contributed by atoms with Crippen molar-refractivity contribution in [1.82, 2.24) is 19.4 Å². The Balaban J connectivity index is 1.77. The van der Waals surface area contributed by atoms with Gasteiger partial charge in [0.1, 0.15) is 11.6 Å². The average Bonchev–Trinajstić information content (AvgIpc) is 3.14. The molecule has 0 radical (unpaired) electrons. The van der Waals surface area contributed by atoms with E-state index in [2.05, 4.69) is 14.5 Å². The molecule has 0 bridgehead atoms. The van der Waals surface area contributed by atoms with E-state index in [1.165, 1.54) is 0 Å². The summed E-state index contributed by atoms with van der Waals surface area (Å²) in [5, 5.41) is 0. The first-order chi connectivity index (χ1) is 13.6. The number of rotatable bonds is 8. The Kier molecular flexibility index (Phi) is 6.42. The Morgan fingerprint density at radius 3 is 2.39 bits per heavy atom. The van der Waals surface area contributed by atoms with Gasteiger partial charge in [-0.05, 0) is 35.4 Å². The second-order valence-corrected chi connectivity index (χ2v) is 7.02. The highest BCUT2D eigenvalue weighted by Crippen LogP contribution is 2.16. The maximum Gasteiger partial charge on any atom is 0.225 e. The van der Waals surface area contributed by atoms with Gasteiger partial charge in [0.05, 0.1) is 13.7 Å². The maximum absolute atomic E-state index is 12.8. The van der Waals surface area contributed by atoms with E-state index in [1.807, 2.05) is 61.3 Å². The highest BCUT2D eigenvalue weighted by molar-refractivity contribution is 5.78. The molecular weight excluding hydrogens is 352 g/mol. The number of carbonyl (C=O) groups excluding carboxylic acids is 1. The van der Waals surface area contributed by atoms with Gasteiger partial charge in [0, 0.05) is 43.8 Å². The molecule has 28 heavy (non-hydrogen) atoms. The molecule has 0 atom stereocenters. The number of methoxy groups -OCH3 is 1. The van der Waals surface area contributed by atoms with Crippen LogP contribution >= 0.6 is 0 Å². The monoisotopic (exact) mass is 378 g/mol. The molecule has 0 fully saturated rings. The van der Waals surface area contributed by atoms with Crippen molar-refractivity contribution in [2.75, 3.05) is 7.11 Å². The molecule has 1 amide bonds. The van der Waals surface area contributed by atoms with Crippen LogP contribution in [-0.2, 0) is 24.4 Å². The van der Waals surface area contributed by atoms with E-state index in [0.717, 1.165) is 22.7 Å². The molecular formula is C22H26N4O2. The zero-order chi connectivity index (χ0) is 19.9. The lowest BCUT2D eigenvalue weighted by molar-refractivity contribution is -0.135. The van der Waals surface area contributed by atoms with Crippen LogP contribution in [0.4, 0.5) is 0 Å². The van der Waals surface area contributed by atoms with Gasteiger partial charge in [-0.1, -0.05) is 26.0 Å². The molecule has 2 aromatic heterocycles. The average molecular weight is 378 g/mol. The first kappa shape index (κ1) is 19.6. The van der Waals surface area contributed by atoms with E-state index in [-0.39, 0.29) is 11.8 Å². The van der Waals surface area contributed by atoms with Crippen molar-refractivity contribution in [1.29, 1.82) is 0 Å². The minimum atomic E-state index is -0.0770. The van der Waals surface area contributed by atoms with Crippen molar-refractivity contribution in [3.8, 4) is 5.75 Å². The van der Waals surface area contributed by atoms with E-state index in [9.17, 15) is 4.79 Å². The molecule has 0 saturated carbocycles. The lowest BCUT2D eigenvalue weighted by Crippen LogP contribution is -2.34. The van der Waals surface area contributed by atoms with Gasteiger partial charge < -0.3 is 14.2 Å². The Labute approximate surface area is 165 Å². The van der Waals surface area contributed by atoms with Crippen LogP contribution < -0.4 is 4.74 Å². The summed E-state index contributed by atoms with van der Waals surface area (Å²) in [5.41, 5.74) is 2.20. The van der Waals surface area contributed by atoms with E-state index in [4.69, 9.17) is 4.74 Å². The third-order valence-corrected chi connectivity index (χ3v) is 4.57. The molecule has 6 heteroatoms. The molecule has 0 aliphatic rings. The van der Waals surface area contributed by atoms with E-state index >= 15 is 0 Å². The lowest BCUT2D eigenvalue weighted by atomic mass is 10.1. The van der Waals surface area contributed by atoms with Crippen molar-refractivity contribution in [3.63, 3.8) is 0 Å². The van der Waals surface area contributed by atoms with Gasteiger partial charge in [0.15, 0.2) is 0 Å². The summed E-state index contributed by atoms with van der Waals surface area (Å²) in [4.78, 5) is 23.2. The second-order valence-electron chi connectivity index (χ2n) is 7.02. The lowest BCUT2D eigenvalue weighted by Gasteiger charge is -2.25. The Morgan fingerprint density at radius 1 is 1.04 bits per heavy atom. The molecule has 6 nitrogen and oxygen atoms in total. The summed E-state index contributed by atoms with van der Waals surface area (Å²) in [7, 11) is 1.66. The molecule has 3 aromatic rings. The van der Waals surface area contributed by atoms with Crippen LogP contribution in [0.1, 0.15) is 30.8 Å². The normalized spacial score (nSPS) is 10.9. The van der Waals surface area contributed by atoms with Crippen LogP contribution in [0.2, 0.25) is 0 Å². The van der Waals surface area contributed by atoms with Crippen molar-refractivity contribution in [3.05, 3.63) is 78.1 Å². The van der Waals surface area contributed by atoms with Gasteiger partial charge in [-0.2, -0.15) is 0 Å². The number of benzene rings is 1. The van der Waals surface area contributed by atoms with Crippen molar-refractivity contribution in [2.45, 2.75) is 33.5 Å². The molecule has 1 aromatic carbocycles. The number of hydrogen-bond acceptors (Lipinski definition) is 4. The zero-order valence-corrected chi connectivity index (χ0v) is 16.6. The van der Waals surface area contributed by atoms with Crippen LogP contribution in [0.15, 0.2) is 61.2 Å². The largest absolute Gasteiger partial charge is 0.497 e. The second kappa shape index (κ2) is 9.17. The predicted molar refractivity (Wildman–Crippen MR) is 108 cm³/mol. The number of aromatic nitrogens is 3. The summed E-state index contributed by atoms with van der Waals surface area (Å²) in [6.45, 7) is 5.53. The standard InChI is InChI=1S/C22H26N4O2/c1-17(2)22(27)26(15-19-8-10-23-11-9-19)16-21-24-12-13-25(21)14-18-4-6-20(28-3)7-5-18/h4-13,17H,14-16H2,1-3H3. The van der Waals surface area contributed by atoms with Gasteiger partial charge >= 0.3 is 0 Å². The van der Waals surface area contributed by atoms with E-state index < -0.39 is 0 Å². The summed E-state index contributed by atoms with van der Waals surface area (Å²) in [5.74, 6) is 1.72. The minimum absolute atomic E-state index is 0.0770. The van der Waals surface area contributed by atoms with Gasteiger partial charge in [-0.15, -0.1) is 0 Å². The molecule has 0 aliphatic heterocycles. The fourth-order valence-electron chi connectivity index (χ4n) is 3.02. The third-order valence-electron chi connectivity index (χ3n) is 4.57. The topological polar surface area (TPSA) is 60.2 Å². The molecule has 0 unspecified atom stereocenters. The Morgan fingerprint density at radius 2 is 1.75 bits per heavy atom. The van der Waals surface area contributed by atoms with Crippen LogP contribution in [0.3, 0.4) is 0 Å². The first-order valence-corrected chi connectivity index (χ1v) is 9.37. The number of imidazole rings is 1. The van der Waals surface area contributed by atoms with Gasteiger partial charge in [-0.3, -0.25) is 9.78 Å². The highest BCUT2D eigenvalue weighted by atomic mass is 16.5. The van der Waals surface area contributed by atoms with Crippen LogP contribution in [0.5, 0.6) is 5.75 Å². The van der Waals surface area contributed by atoms with Crippen LogP contribution in [0, 0.1) is 5.92 Å². The van der Waals surface area contributed by atoms with E-state index in [1.54, 1.807) is 25.7 Å². The zero-order valence-electron chi connectivity index (χ0n) is 16.6. The minimum Gasteiger partial charge on any atom is -0.497 e. The Hall–Kier alpha value is -3.15. The molecule has 0 aliphatic carbocycles. The highest BCUT2D eigenvalue weighted by Gasteiger charge is 2.20.